The number of rotatable bonds is 4. The Morgan fingerprint density at radius 1 is 1.00 bits per heavy atom. The van der Waals surface area contributed by atoms with E-state index >= 15 is 0 Å². The summed E-state index contributed by atoms with van der Waals surface area (Å²) in [6, 6.07) is 14.0. The van der Waals surface area contributed by atoms with Crippen molar-refractivity contribution in [2.75, 3.05) is 13.2 Å². The van der Waals surface area contributed by atoms with E-state index in [2.05, 4.69) is 5.32 Å². The summed E-state index contributed by atoms with van der Waals surface area (Å²) < 4.78 is 5.57. The van der Waals surface area contributed by atoms with Gasteiger partial charge in [-0.15, -0.1) is 23.2 Å². The third kappa shape index (κ3) is 2.65. The van der Waals surface area contributed by atoms with E-state index < -0.39 is 45.3 Å². The fourth-order valence-corrected chi connectivity index (χ4v) is 7.45. The largest absolute Gasteiger partial charge is 0.376 e. The van der Waals surface area contributed by atoms with Gasteiger partial charge in [0.1, 0.15) is 15.8 Å². The highest BCUT2D eigenvalue weighted by Gasteiger charge is 2.73. The van der Waals surface area contributed by atoms with Crippen LogP contribution in [0.2, 0.25) is 0 Å². The molecule has 3 aliphatic carbocycles. The van der Waals surface area contributed by atoms with Crippen LogP contribution >= 0.6 is 23.2 Å². The predicted molar refractivity (Wildman–Crippen MR) is 126 cm³/mol. The van der Waals surface area contributed by atoms with E-state index in [1.807, 2.05) is 48.5 Å². The van der Waals surface area contributed by atoms with Gasteiger partial charge >= 0.3 is 0 Å². The number of likely N-dealkylation sites (tertiary alicyclic amines) is 1. The van der Waals surface area contributed by atoms with Gasteiger partial charge in [0, 0.05) is 13.2 Å². The van der Waals surface area contributed by atoms with Crippen LogP contribution in [0.4, 0.5) is 0 Å². The molecule has 0 unspecified atom stereocenters. The van der Waals surface area contributed by atoms with Crippen molar-refractivity contribution < 1.29 is 19.1 Å². The van der Waals surface area contributed by atoms with Gasteiger partial charge in [-0.05, 0) is 42.0 Å². The number of alkyl halides is 2. The summed E-state index contributed by atoms with van der Waals surface area (Å²) in [6.45, 7) is 2.60. The lowest BCUT2D eigenvalue weighted by molar-refractivity contribution is -0.147. The SMILES string of the molecule is C[C@H](C(=O)NC[C@@H]1CCCO1)N1C(=O)[C@H]2[C@H](C1=O)C1(Cl)c3ccccc3C2(Cl)c2ccccc21. The van der Waals surface area contributed by atoms with E-state index in [0.717, 1.165) is 40.0 Å². The van der Waals surface area contributed by atoms with Crippen molar-refractivity contribution in [3.05, 3.63) is 70.8 Å². The van der Waals surface area contributed by atoms with Crippen molar-refractivity contribution in [1.82, 2.24) is 10.2 Å². The first-order valence-corrected chi connectivity index (χ1v) is 12.4. The van der Waals surface area contributed by atoms with Crippen molar-refractivity contribution in [3.63, 3.8) is 0 Å². The number of nitrogens with zero attached hydrogens (tertiary/aromatic N) is 1. The molecule has 5 aliphatic rings. The van der Waals surface area contributed by atoms with Crippen LogP contribution in [0.5, 0.6) is 0 Å². The van der Waals surface area contributed by atoms with E-state index in [-0.39, 0.29) is 6.10 Å². The van der Waals surface area contributed by atoms with Gasteiger partial charge in [-0.1, -0.05) is 48.5 Å². The summed E-state index contributed by atoms with van der Waals surface area (Å²) in [5.74, 6) is -3.13. The zero-order valence-electron chi connectivity index (χ0n) is 18.6. The normalized spacial score (nSPS) is 34.0. The van der Waals surface area contributed by atoms with Gasteiger partial charge in [0.2, 0.25) is 17.7 Å². The zero-order valence-corrected chi connectivity index (χ0v) is 20.1. The highest BCUT2D eigenvalue weighted by molar-refractivity contribution is 6.36. The van der Waals surface area contributed by atoms with Gasteiger partial charge < -0.3 is 10.1 Å². The van der Waals surface area contributed by atoms with Crippen LogP contribution in [0.3, 0.4) is 0 Å². The molecule has 1 N–H and O–H groups in total. The summed E-state index contributed by atoms with van der Waals surface area (Å²) in [5, 5.41) is 2.84. The minimum Gasteiger partial charge on any atom is -0.376 e. The molecule has 6 nitrogen and oxygen atoms in total. The Morgan fingerprint density at radius 3 is 1.88 bits per heavy atom. The van der Waals surface area contributed by atoms with Crippen LogP contribution in [0.25, 0.3) is 0 Å². The number of carbonyl (C=O) groups excluding carboxylic acids is 3. The molecule has 2 bridgehead atoms. The number of benzene rings is 2. The summed E-state index contributed by atoms with van der Waals surface area (Å²) in [6.07, 6.45) is 1.79. The summed E-state index contributed by atoms with van der Waals surface area (Å²) in [7, 11) is 0. The average molecular weight is 499 g/mol. The Kier molecular flexibility index (Phi) is 4.90. The molecular formula is C26H24Cl2N2O4. The molecule has 2 saturated heterocycles. The lowest BCUT2D eigenvalue weighted by Gasteiger charge is -2.54. The number of hydrogen-bond donors (Lipinski definition) is 1. The third-order valence-corrected chi connectivity index (χ3v) is 9.20. The minimum absolute atomic E-state index is 0.0409. The molecule has 3 amide bonds. The monoisotopic (exact) mass is 498 g/mol. The van der Waals surface area contributed by atoms with Crippen molar-refractivity contribution in [2.24, 2.45) is 11.8 Å². The molecule has 2 aromatic carbocycles. The first-order chi connectivity index (χ1) is 16.3. The maximum absolute atomic E-state index is 13.9. The number of amides is 3. The molecule has 2 fully saturated rings. The van der Waals surface area contributed by atoms with Crippen LogP contribution in [-0.2, 0) is 28.9 Å². The fourth-order valence-electron chi connectivity index (χ4n) is 6.36. The Labute approximate surface area is 207 Å². The maximum Gasteiger partial charge on any atom is 0.243 e. The Morgan fingerprint density at radius 2 is 1.47 bits per heavy atom. The Balaban J connectivity index is 1.41. The molecule has 0 radical (unpaired) electrons. The average Bonchev–Trinajstić information content (AvgIpc) is 3.46. The molecule has 7 rings (SSSR count). The molecular weight excluding hydrogens is 475 g/mol. The lowest BCUT2D eigenvalue weighted by atomic mass is 9.54. The molecule has 2 aromatic rings. The number of ether oxygens (including phenoxy) is 1. The summed E-state index contributed by atoms with van der Waals surface area (Å²) in [4.78, 5) is 39.3. The van der Waals surface area contributed by atoms with E-state index in [0.29, 0.717) is 13.2 Å². The molecule has 34 heavy (non-hydrogen) atoms. The first kappa shape index (κ1) is 22.1. The highest BCUT2D eigenvalue weighted by atomic mass is 35.5. The number of imide groups is 1. The second-order valence-electron chi connectivity index (χ2n) is 9.57. The van der Waals surface area contributed by atoms with E-state index in [9.17, 15) is 14.4 Å². The van der Waals surface area contributed by atoms with Gasteiger partial charge in [0.05, 0.1) is 17.9 Å². The first-order valence-electron chi connectivity index (χ1n) is 11.6. The molecule has 2 heterocycles. The van der Waals surface area contributed by atoms with Gasteiger partial charge in [-0.3, -0.25) is 19.3 Å². The van der Waals surface area contributed by atoms with Crippen molar-refractivity contribution in [3.8, 4) is 0 Å². The summed E-state index contributed by atoms with van der Waals surface area (Å²) in [5.41, 5.74) is 2.96. The Hall–Kier alpha value is -2.41. The van der Waals surface area contributed by atoms with Crippen LogP contribution in [0.1, 0.15) is 42.0 Å². The van der Waals surface area contributed by atoms with Crippen molar-refractivity contribution in [1.29, 1.82) is 0 Å². The Bertz CT molecular complexity index is 1100. The standard InChI is InChI=1S/C26H24Cl2N2O4/c1-14(22(31)29-13-15-7-6-12-34-15)30-23(32)20-21(24(30)33)26(28)17-9-3-2-8-16(17)25(20,27)18-10-4-5-11-19(18)26/h2-5,8-11,14-15,20-21H,6-7,12-13H2,1H3,(H,29,31)/t14-,15+,20-,21-,25?,26?/m1/s1. The molecule has 2 aliphatic heterocycles. The molecule has 4 atom stereocenters. The number of hydrogen-bond acceptors (Lipinski definition) is 4. The molecule has 176 valence electrons. The third-order valence-electron chi connectivity index (χ3n) is 7.91. The topological polar surface area (TPSA) is 75.7 Å². The van der Waals surface area contributed by atoms with E-state index in [1.165, 1.54) is 0 Å². The van der Waals surface area contributed by atoms with Crippen LogP contribution < -0.4 is 5.32 Å². The number of halogens is 2. The van der Waals surface area contributed by atoms with E-state index in [1.54, 1.807) is 6.92 Å². The van der Waals surface area contributed by atoms with Gasteiger partial charge in [0.25, 0.3) is 0 Å². The molecule has 8 heteroatoms. The van der Waals surface area contributed by atoms with E-state index in [4.69, 9.17) is 27.9 Å². The second-order valence-corrected chi connectivity index (χ2v) is 10.8. The fraction of sp³-hybridized carbons (Fsp3) is 0.423. The predicted octanol–water partition coefficient (Wildman–Crippen LogP) is 3.26. The van der Waals surface area contributed by atoms with Gasteiger partial charge in [-0.2, -0.15) is 0 Å². The number of nitrogens with one attached hydrogen (secondary N) is 1. The van der Waals surface area contributed by atoms with Gasteiger partial charge in [-0.25, -0.2) is 0 Å². The molecule has 0 aromatic heterocycles. The smallest absolute Gasteiger partial charge is 0.243 e. The zero-order chi connectivity index (χ0) is 23.8. The van der Waals surface area contributed by atoms with Crippen molar-refractivity contribution in [2.45, 2.75) is 41.7 Å². The maximum atomic E-state index is 13.9. The van der Waals surface area contributed by atoms with Crippen LogP contribution in [-0.4, -0.2) is 47.9 Å². The highest BCUT2D eigenvalue weighted by Crippen LogP contribution is 2.69. The van der Waals surface area contributed by atoms with Crippen LogP contribution in [0, 0.1) is 11.8 Å². The molecule has 0 spiro atoms. The van der Waals surface area contributed by atoms with Crippen LogP contribution in [0.15, 0.2) is 48.5 Å². The summed E-state index contributed by atoms with van der Waals surface area (Å²) >= 11 is 14.8. The lowest BCUT2D eigenvalue weighted by Crippen LogP contribution is -2.57. The van der Waals surface area contributed by atoms with Crippen molar-refractivity contribution >= 4 is 40.9 Å². The van der Waals surface area contributed by atoms with Gasteiger partial charge in [0.15, 0.2) is 0 Å². The number of carbonyl (C=O) groups is 3. The minimum atomic E-state index is -1.25. The molecule has 0 saturated carbocycles. The quantitative estimate of drug-likeness (QED) is 0.518. The second kappa shape index (κ2) is 7.54.